The van der Waals surface area contributed by atoms with Crippen LogP contribution in [-0.4, -0.2) is 16.4 Å². The SMILES string of the molecule is O=C(OCC1CCCC1)C(Cl)(Cl)Cl. The third kappa shape index (κ3) is 3.92. The summed E-state index contributed by atoms with van der Waals surface area (Å²) in [6, 6.07) is 0. The van der Waals surface area contributed by atoms with Crippen molar-refractivity contribution in [3.63, 3.8) is 0 Å². The number of ether oxygens (including phenoxy) is 1. The number of carbonyl (C=O) groups is 1. The van der Waals surface area contributed by atoms with E-state index in [1.807, 2.05) is 0 Å². The zero-order valence-electron chi connectivity index (χ0n) is 7.06. The van der Waals surface area contributed by atoms with Crippen molar-refractivity contribution < 1.29 is 9.53 Å². The number of rotatable bonds is 2. The molecule has 0 atom stereocenters. The Bertz CT molecular complexity index is 182. The molecule has 1 saturated carbocycles. The van der Waals surface area contributed by atoms with Crippen LogP contribution in [0.2, 0.25) is 0 Å². The smallest absolute Gasteiger partial charge is 0.358 e. The summed E-state index contributed by atoms with van der Waals surface area (Å²) in [5.41, 5.74) is 0. The summed E-state index contributed by atoms with van der Waals surface area (Å²) in [5, 5.41) is 0. The Balaban J connectivity index is 2.22. The number of hydrogen-bond donors (Lipinski definition) is 0. The summed E-state index contributed by atoms with van der Waals surface area (Å²) in [7, 11) is 0. The predicted octanol–water partition coefficient (Wildman–Crippen LogP) is 3.09. The molecular formula is C8H11Cl3O2. The molecule has 76 valence electrons. The first-order valence-electron chi connectivity index (χ1n) is 4.24. The Kier molecular flexibility index (Phi) is 4.14. The lowest BCUT2D eigenvalue weighted by molar-refractivity contribution is -0.143. The average Bonchev–Trinajstić information content (AvgIpc) is 2.50. The number of halogens is 3. The van der Waals surface area contributed by atoms with Gasteiger partial charge in [0.15, 0.2) is 0 Å². The number of carbonyl (C=O) groups excluding carboxylic acids is 1. The van der Waals surface area contributed by atoms with E-state index in [1.165, 1.54) is 12.8 Å². The molecule has 1 aliphatic carbocycles. The monoisotopic (exact) mass is 244 g/mol. The highest BCUT2D eigenvalue weighted by Gasteiger charge is 2.33. The molecule has 0 radical (unpaired) electrons. The molecule has 1 rings (SSSR count). The Morgan fingerprint density at radius 2 is 1.85 bits per heavy atom. The first-order valence-corrected chi connectivity index (χ1v) is 5.37. The van der Waals surface area contributed by atoms with E-state index in [9.17, 15) is 4.79 Å². The largest absolute Gasteiger partial charge is 0.462 e. The van der Waals surface area contributed by atoms with Gasteiger partial charge in [0.25, 0.3) is 3.79 Å². The Labute approximate surface area is 92.5 Å². The fourth-order valence-corrected chi connectivity index (χ4v) is 1.62. The van der Waals surface area contributed by atoms with Crippen molar-refractivity contribution in [3.05, 3.63) is 0 Å². The maximum atomic E-state index is 11.0. The zero-order chi connectivity index (χ0) is 9.90. The molecule has 1 fully saturated rings. The van der Waals surface area contributed by atoms with E-state index >= 15 is 0 Å². The minimum Gasteiger partial charge on any atom is -0.462 e. The highest BCUT2D eigenvalue weighted by molar-refractivity contribution is 6.75. The summed E-state index contributed by atoms with van der Waals surface area (Å²) in [5.74, 6) is -0.319. The maximum Gasteiger partial charge on any atom is 0.358 e. The quantitative estimate of drug-likeness (QED) is 0.552. The van der Waals surface area contributed by atoms with Gasteiger partial charge in [-0.2, -0.15) is 0 Å². The van der Waals surface area contributed by atoms with Gasteiger partial charge in [0.1, 0.15) is 0 Å². The second kappa shape index (κ2) is 4.72. The van der Waals surface area contributed by atoms with Crippen molar-refractivity contribution in [2.45, 2.75) is 29.5 Å². The maximum absolute atomic E-state index is 11.0. The molecule has 0 N–H and O–H groups in total. The highest BCUT2D eigenvalue weighted by atomic mass is 35.6. The van der Waals surface area contributed by atoms with Gasteiger partial charge in [0, 0.05) is 0 Å². The minimum atomic E-state index is -1.93. The van der Waals surface area contributed by atoms with E-state index in [2.05, 4.69) is 0 Å². The Morgan fingerprint density at radius 3 is 2.31 bits per heavy atom. The molecule has 1 aliphatic rings. The zero-order valence-corrected chi connectivity index (χ0v) is 9.33. The van der Waals surface area contributed by atoms with Crippen LogP contribution in [0.25, 0.3) is 0 Å². The van der Waals surface area contributed by atoms with Gasteiger partial charge in [-0.1, -0.05) is 47.6 Å². The number of esters is 1. The van der Waals surface area contributed by atoms with Crippen LogP contribution in [0.3, 0.4) is 0 Å². The van der Waals surface area contributed by atoms with E-state index in [-0.39, 0.29) is 0 Å². The first-order chi connectivity index (χ1) is 6.00. The van der Waals surface area contributed by atoms with Crippen molar-refractivity contribution >= 4 is 40.8 Å². The van der Waals surface area contributed by atoms with Crippen molar-refractivity contribution in [2.24, 2.45) is 5.92 Å². The van der Waals surface area contributed by atoms with Crippen molar-refractivity contribution in [1.29, 1.82) is 0 Å². The molecule has 0 aromatic heterocycles. The average molecular weight is 246 g/mol. The van der Waals surface area contributed by atoms with E-state index in [4.69, 9.17) is 39.5 Å². The Morgan fingerprint density at radius 1 is 1.31 bits per heavy atom. The van der Waals surface area contributed by atoms with E-state index < -0.39 is 9.76 Å². The summed E-state index contributed by atoms with van der Waals surface area (Å²) >= 11 is 16.0. The molecule has 0 spiro atoms. The molecule has 5 heteroatoms. The van der Waals surface area contributed by atoms with Crippen LogP contribution in [0.4, 0.5) is 0 Å². The van der Waals surface area contributed by atoms with Crippen LogP contribution >= 0.6 is 34.8 Å². The molecule has 0 amide bonds. The van der Waals surface area contributed by atoms with Gasteiger partial charge in [0.05, 0.1) is 6.61 Å². The lowest BCUT2D eigenvalue weighted by Crippen LogP contribution is -2.24. The lowest BCUT2D eigenvalue weighted by Gasteiger charge is -2.13. The Hall–Kier alpha value is 0.340. The number of hydrogen-bond acceptors (Lipinski definition) is 2. The molecule has 0 heterocycles. The van der Waals surface area contributed by atoms with Crippen LogP contribution in [0.5, 0.6) is 0 Å². The second-order valence-electron chi connectivity index (χ2n) is 3.25. The second-order valence-corrected chi connectivity index (χ2v) is 5.53. The molecule has 0 saturated heterocycles. The summed E-state index contributed by atoms with van der Waals surface area (Å²) in [4.78, 5) is 11.0. The molecule has 0 aromatic rings. The molecule has 13 heavy (non-hydrogen) atoms. The minimum absolute atomic E-state index is 0.382. The summed E-state index contributed by atoms with van der Waals surface area (Å²) in [6.45, 7) is 0.382. The van der Waals surface area contributed by atoms with Gasteiger partial charge in [-0.3, -0.25) is 0 Å². The van der Waals surface area contributed by atoms with Crippen LogP contribution in [0, 0.1) is 5.92 Å². The van der Waals surface area contributed by atoms with E-state index in [0.29, 0.717) is 12.5 Å². The normalized spacial score (nSPS) is 19.0. The van der Waals surface area contributed by atoms with Crippen molar-refractivity contribution in [1.82, 2.24) is 0 Å². The van der Waals surface area contributed by atoms with Gasteiger partial charge < -0.3 is 4.74 Å². The predicted molar refractivity (Wildman–Crippen MR) is 53.2 cm³/mol. The molecule has 0 aliphatic heterocycles. The van der Waals surface area contributed by atoms with Gasteiger partial charge in [-0.25, -0.2) is 4.79 Å². The van der Waals surface area contributed by atoms with Gasteiger partial charge in [0.2, 0.25) is 0 Å². The standard InChI is InChI=1S/C8H11Cl3O2/c9-8(10,11)7(12)13-5-6-3-1-2-4-6/h6H,1-5H2. The van der Waals surface area contributed by atoms with Crippen molar-refractivity contribution in [3.8, 4) is 0 Å². The summed E-state index contributed by atoms with van der Waals surface area (Å²) < 4.78 is 2.92. The topological polar surface area (TPSA) is 26.3 Å². The molecule has 0 bridgehead atoms. The van der Waals surface area contributed by atoms with Gasteiger partial charge >= 0.3 is 5.97 Å². The fourth-order valence-electron chi connectivity index (χ4n) is 1.45. The molecule has 2 nitrogen and oxygen atoms in total. The van der Waals surface area contributed by atoms with Crippen molar-refractivity contribution in [2.75, 3.05) is 6.61 Å². The fraction of sp³-hybridized carbons (Fsp3) is 0.875. The van der Waals surface area contributed by atoms with Gasteiger partial charge in [-0.15, -0.1) is 0 Å². The summed E-state index contributed by atoms with van der Waals surface area (Å²) in [6.07, 6.45) is 4.62. The highest BCUT2D eigenvalue weighted by Crippen LogP contribution is 2.29. The van der Waals surface area contributed by atoms with Gasteiger partial charge in [-0.05, 0) is 18.8 Å². The third-order valence-corrected chi connectivity index (χ3v) is 2.62. The van der Waals surface area contributed by atoms with E-state index in [0.717, 1.165) is 12.8 Å². The third-order valence-electron chi connectivity index (χ3n) is 2.16. The lowest BCUT2D eigenvalue weighted by atomic mass is 10.1. The van der Waals surface area contributed by atoms with Crippen LogP contribution in [-0.2, 0) is 9.53 Å². The molecular weight excluding hydrogens is 234 g/mol. The van der Waals surface area contributed by atoms with Crippen LogP contribution < -0.4 is 0 Å². The van der Waals surface area contributed by atoms with Crippen LogP contribution in [0.15, 0.2) is 0 Å². The first kappa shape index (κ1) is 11.4. The molecule has 0 aromatic carbocycles. The number of alkyl halides is 3. The molecule has 0 unspecified atom stereocenters. The van der Waals surface area contributed by atoms with Crippen LogP contribution in [0.1, 0.15) is 25.7 Å². The van der Waals surface area contributed by atoms with E-state index in [1.54, 1.807) is 0 Å².